The second kappa shape index (κ2) is 6.41. The molecule has 0 aliphatic carbocycles. The van der Waals surface area contributed by atoms with Gasteiger partial charge in [-0.2, -0.15) is 0 Å². The van der Waals surface area contributed by atoms with E-state index in [9.17, 15) is 0 Å². The fourth-order valence-electron chi connectivity index (χ4n) is 2.22. The lowest BCUT2D eigenvalue weighted by atomic mass is 10.2. The zero-order chi connectivity index (χ0) is 13.0. The Hall–Kier alpha value is -0.770. The fourth-order valence-corrected chi connectivity index (χ4v) is 2.40. The van der Waals surface area contributed by atoms with Gasteiger partial charge in [0.05, 0.1) is 0 Å². The highest BCUT2D eigenvalue weighted by molar-refractivity contribution is 6.31. The Kier molecular flexibility index (Phi) is 4.87. The summed E-state index contributed by atoms with van der Waals surface area (Å²) in [6.45, 7) is 9.72. The van der Waals surface area contributed by atoms with Crippen LogP contribution in [0.25, 0.3) is 0 Å². The molecule has 1 unspecified atom stereocenters. The molecule has 0 saturated carbocycles. The maximum absolute atomic E-state index is 6.12. The van der Waals surface area contributed by atoms with E-state index in [2.05, 4.69) is 34.6 Å². The first-order valence-corrected chi connectivity index (χ1v) is 6.99. The average Bonchev–Trinajstić information content (AvgIpc) is 2.41. The Morgan fingerprint density at radius 3 is 2.78 bits per heavy atom. The molecule has 1 aromatic rings. The van der Waals surface area contributed by atoms with Crippen molar-refractivity contribution >= 4 is 17.3 Å². The molecule has 1 aliphatic heterocycles. The van der Waals surface area contributed by atoms with Crippen LogP contribution in [0.1, 0.15) is 12.5 Å². The number of hydrogen-bond donors (Lipinski definition) is 2. The number of nitrogens with one attached hydrogen (secondary N) is 2. The highest BCUT2D eigenvalue weighted by Crippen LogP contribution is 2.20. The van der Waals surface area contributed by atoms with Gasteiger partial charge >= 0.3 is 0 Å². The van der Waals surface area contributed by atoms with Crippen molar-refractivity contribution in [1.82, 2.24) is 10.2 Å². The number of nitrogens with zero attached hydrogens (tertiary/aromatic N) is 1. The minimum Gasteiger partial charge on any atom is -0.383 e. The predicted molar refractivity (Wildman–Crippen MR) is 78.6 cm³/mol. The fraction of sp³-hybridized carbons (Fsp3) is 0.571. The highest BCUT2D eigenvalue weighted by atomic mass is 35.5. The van der Waals surface area contributed by atoms with Crippen molar-refractivity contribution in [2.45, 2.75) is 19.9 Å². The molecule has 1 heterocycles. The Morgan fingerprint density at radius 2 is 2.11 bits per heavy atom. The first kappa shape index (κ1) is 13.7. The minimum absolute atomic E-state index is 0.548. The van der Waals surface area contributed by atoms with E-state index in [0.717, 1.165) is 49.0 Å². The third-order valence-electron chi connectivity index (χ3n) is 3.55. The Balaban J connectivity index is 1.84. The van der Waals surface area contributed by atoms with Crippen molar-refractivity contribution in [3.05, 3.63) is 28.8 Å². The molecule has 0 amide bonds. The van der Waals surface area contributed by atoms with E-state index >= 15 is 0 Å². The van der Waals surface area contributed by atoms with Crippen molar-refractivity contribution in [2.75, 3.05) is 38.0 Å². The standard InChI is InChI=1S/C14H22ClN3/c1-11-3-4-13(9-14(11)15)17-10-12(2)18-7-5-16-6-8-18/h3-4,9,12,16-17H,5-8,10H2,1-2H3. The van der Waals surface area contributed by atoms with Crippen molar-refractivity contribution in [1.29, 1.82) is 0 Å². The Morgan fingerprint density at radius 1 is 1.39 bits per heavy atom. The number of piperazine rings is 1. The lowest BCUT2D eigenvalue weighted by Gasteiger charge is -2.33. The van der Waals surface area contributed by atoms with E-state index in [1.165, 1.54) is 0 Å². The molecule has 0 bridgehead atoms. The summed E-state index contributed by atoms with van der Waals surface area (Å²) in [5, 5.41) is 7.67. The molecule has 18 heavy (non-hydrogen) atoms. The lowest BCUT2D eigenvalue weighted by Crippen LogP contribution is -2.49. The molecule has 2 rings (SSSR count). The predicted octanol–water partition coefficient (Wildman–Crippen LogP) is 2.35. The summed E-state index contributed by atoms with van der Waals surface area (Å²) in [5.74, 6) is 0. The molecular weight excluding hydrogens is 246 g/mol. The largest absolute Gasteiger partial charge is 0.383 e. The van der Waals surface area contributed by atoms with Gasteiger partial charge in [-0.3, -0.25) is 4.90 Å². The Bertz CT molecular complexity index is 389. The zero-order valence-corrected chi connectivity index (χ0v) is 11.9. The van der Waals surface area contributed by atoms with E-state index in [1.54, 1.807) is 0 Å². The molecule has 1 aromatic carbocycles. The smallest absolute Gasteiger partial charge is 0.0455 e. The monoisotopic (exact) mass is 267 g/mol. The number of anilines is 1. The summed E-state index contributed by atoms with van der Waals surface area (Å²) in [6, 6.07) is 6.69. The van der Waals surface area contributed by atoms with Crippen LogP contribution in [0.15, 0.2) is 18.2 Å². The molecule has 100 valence electrons. The van der Waals surface area contributed by atoms with Crippen LogP contribution in [0.3, 0.4) is 0 Å². The summed E-state index contributed by atoms with van der Waals surface area (Å²) in [5.41, 5.74) is 2.23. The second-order valence-corrected chi connectivity index (χ2v) is 5.39. The van der Waals surface area contributed by atoms with Gasteiger partial charge < -0.3 is 10.6 Å². The zero-order valence-electron chi connectivity index (χ0n) is 11.2. The maximum Gasteiger partial charge on any atom is 0.0455 e. The van der Waals surface area contributed by atoms with Gasteiger partial charge in [0.1, 0.15) is 0 Å². The van der Waals surface area contributed by atoms with Crippen molar-refractivity contribution in [3.63, 3.8) is 0 Å². The third-order valence-corrected chi connectivity index (χ3v) is 3.96. The van der Waals surface area contributed by atoms with Gasteiger partial charge in [-0.25, -0.2) is 0 Å². The topological polar surface area (TPSA) is 27.3 Å². The molecule has 0 spiro atoms. The van der Waals surface area contributed by atoms with Gasteiger partial charge in [0.15, 0.2) is 0 Å². The average molecular weight is 268 g/mol. The van der Waals surface area contributed by atoms with Gasteiger partial charge in [-0.1, -0.05) is 17.7 Å². The molecular formula is C14H22ClN3. The number of benzene rings is 1. The molecule has 1 aliphatic rings. The number of rotatable bonds is 4. The first-order chi connectivity index (χ1) is 8.66. The molecule has 0 aromatic heterocycles. The summed E-state index contributed by atoms with van der Waals surface area (Å²) >= 11 is 6.12. The minimum atomic E-state index is 0.548. The first-order valence-electron chi connectivity index (χ1n) is 6.61. The Labute approximate surface area is 115 Å². The second-order valence-electron chi connectivity index (χ2n) is 4.98. The third kappa shape index (κ3) is 3.61. The molecule has 4 heteroatoms. The maximum atomic E-state index is 6.12. The van der Waals surface area contributed by atoms with Crippen molar-refractivity contribution in [3.8, 4) is 0 Å². The van der Waals surface area contributed by atoms with Gasteiger partial charge in [-0.05, 0) is 31.5 Å². The van der Waals surface area contributed by atoms with Crippen LogP contribution in [0.5, 0.6) is 0 Å². The number of halogens is 1. The van der Waals surface area contributed by atoms with Crippen LogP contribution in [-0.2, 0) is 0 Å². The van der Waals surface area contributed by atoms with Crippen LogP contribution in [0, 0.1) is 6.92 Å². The molecule has 1 atom stereocenters. The summed E-state index contributed by atoms with van der Waals surface area (Å²) < 4.78 is 0. The molecule has 1 saturated heterocycles. The van der Waals surface area contributed by atoms with Gasteiger partial charge in [0.2, 0.25) is 0 Å². The molecule has 1 fully saturated rings. The normalized spacial score (nSPS) is 18.6. The van der Waals surface area contributed by atoms with E-state index in [4.69, 9.17) is 11.6 Å². The summed E-state index contributed by atoms with van der Waals surface area (Å²) in [7, 11) is 0. The summed E-state index contributed by atoms with van der Waals surface area (Å²) in [4.78, 5) is 2.51. The van der Waals surface area contributed by atoms with E-state index < -0.39 is 0 Å². The van der Waals surface area contributed by atoms with Crippen LogP contribution >= 0.6 is 11.6 Å². The molecule has 2 N–H and O–H groups in total. The van der Waals surface area contributed by atoms with E-state index in [1.807, 2.05) is 13.0 Å². The van der Waals surface area contributed by atoms with Crippen LogP contribution < -0.4 is 10.6 Å². The SMILES string of the molecule is Cc1ccc(NCC(C)N2CCNCC2)cc1Cl. The van der Waals surface area contributed by atoms with Crippen molar-refractivity contribution in [2.24, 2.45) is 0 Å². The van der Waals surface area contributed by atoms with Crippen molar-refractivity contribution < 1.29 is 0 Å². The van der Waals surface area contributed by atoms with Gasteiger partial charge in [-0.15, -0.1) is 0 Å². The van der Waals surface area contributed by atoms with Crippen LogP contribution in [0.4, 0.5) is 5.69 Å². The van der Waals surface area contributed by atoms with Crippen LogP contribution in [0.2, 0.25) is 5.02 Å². The quantitative estimate of drug-likeness (QED) is 0.877. The molecule has 3 nitrogen and oxygen atoms in total. The van der Waals surface area contributed by atoms with E-state index in [0.29, 0.717) is 6.04 Å². The number of hydrogen-bond acceptors (Lipinski definition) is 3. The van der Waals surface area contributed by atoms with Gasteiger partial charge in [0.25, 0.3) is 0 Å². The number of aryl methyl sites for hydroxylation is 1. The van der Waals surface area contributed by atoms with E-state index in [-0.39, 0.29) is 0 Å². The van der Waals surface area contributed by atoms with Gasteiger partial charge in [0, 0.05) is 49.5 Å². The highest BCUT2D eigenvalue weighted by Gasteiger charge is 2.15. The lowest BCUT2D eigenvalue weighted by molar-refractivity contribution is 0.191. The molecule has 0 radical (unpaired) electrons. The van der Waals surface area contributed by atoms with Crippen LogP contribution in [-0.4, -0.2) is 43.7 Å². The summed E-state index contributed by atoms with van der Waals surface area (Å²) in [6.07, 6.45) is 0.